The molecule has 1 aromatic carbocycles. The van der Waals surface area contributed by atoms with Gasteiger partial charge in [-0.05, 0) is 37.5 Å². The minimum absolute atomic E-state index is 0.00117. The summed E-state index contributed by atoms with van der Waals surface area (Å²) in [6, 6.07) is 8.23. The van der Waals surface area contributed by atoms with Crippen molar-refractivity contribution in [2.75, 3.05) is 20.3 Å². The average molecular weight is 300 g/mol. The number of amides is 1. The molecular weight excluding hydrogens is 276 g/mol. The van der Waals surface area contributed by atoms with Crippen LogP contribution in [-0.2, 0) is 11.8 Å². The third kappa shape index (κ3) is 2.63. The van der Waals surface area contributed by atoms with E-state index in [9.17, 15) is 4.79 Å². The van der Waals surface area contributed by atoms with Crippen molar-refractivity contribution in [3.63, 3.8) is 0 Å². The van der Waals surface area contributed by atoms with Crippen LogP contribution in [0.25, 0.3) is 10.9 Å². The van der Waals surface area contributed by atoms with Crippen LogP contribution in [-0.4, -0.2) is 30.7 Å². The van der Waals surface area contributed by atoms with Gasteiger partial charge in [0, 0.05) is 37.0 Å². The molecule has 4 heteroatoms. The van der Waals surface area contributed by atoms with Gasteiger partial charge in [0.05, 0.1) is 6.61 Å². The van der Waals surface area contributed by atoms with E-state index in [0.29, 0.717) is 12.2 Å². The average Bonchev–Trinajstić information content (AvgIpc) is 2.78. The van der Waals surface area contributed by atoms with E-state index in [1.165, 1.54) is 12.0 Å². The van der Waals surface area contributed by atoms with Crippen molar-refractivity contribution >= 4 is 16.8 Å². The highest BCUT2D eigenvalue weighted by Crippen LogP contribution is 2.40. The molecule has 0 atom stereocenters. The van der Waals surface area contributed by atoms with Gasteiger partial charge in [-0.25, -0.2) is 0 Å². The number of nitrogens with one attached hydrogen (secondary N) is 1. The predicted octanol–water partition coefficient (Wildman–Crippen LogP) is 3.03. The summed E-state index contributed by atoms with van der Waals surface area (Å²) in [6.07, 6.45) is 3.50. The SMILES string of the molecule is COCC1(CNC(=O)c2cc3ccc(C)cc3n2C)CCC1. The van der Waals surface area contributed by atoms with Crippen LogP contribution >= 0.6 is 0 Å². The Bertz CT molecular complexity index is 698. The molecule has 1 amide bonds. The summed E-state index contributed by atoms with van der Waals surface area (Å²) in [7, 11) is 3.68. The second kappa shape index (κ2) is 5.76. The van der Waals surface area contributed by atoms with Gasteiger partial charge in [-0.3, -0.25) is 4.79 Å². The molecule has 1 N–H and O–H groups in total. The van der Waals surface area contributed by atoms with E-state index in [0.717, 1.165) is 30.4 Å². The molecule has 0 saturated heterocycles. The van der Waals surface area contributed by atoms with E-state index in [1.807, 2.05) is 17.7 Å². The van der Waals surface area contributed by atoms with Gasteiger partial charge in [-0.1, -0.05) is 18.6 Å². The number of fused-ring (bicyclic) bond motifs is 1. The summed E-state index contributed by atoms with van der Waals surface area (Å²) in [5, 5.41) is 4.21. The number of nitrogens with zero attached hydrogens (tertiary/aromatic N) is 1. The number of ether oxygens (including phenoxy) is 1. The fourth-order valence-corrected chi connectivity index (χ4v) is 3.37. The summed E-state index contributed by atoms with van der Waals surface area (Å²) in [4.78, 5) is 12.5. The molecule has 1 aliphatic rings. The van der Waals surface area contributed by atoms with Gasteiger partial charge >= 0.3 is 0 Å². The van der Waals surface area contributed by atoms with Crippen molar-refractivity contribution in [2.45, 2.75) is 26.2 Å². The van der Waals surface area contributed by atoms with Crippen LogP contribution in [0.4, 0.5) is 0 Å². The Labute approximate surface area is 131 Å². The lowest BCUT2D eigenvalue weighted by molar-refractivity contribution is 0.0179. The highest BCUT2D eigenvalue weighted by Gasteiger charge is 2.37. The van der Waals surface area contributed by atoms with Crippen LogP contribution in [0, 0.1) is 12.3 Å². The summed E-state index contributed by atoms with van der Waals surface area (Å²) >= 11 is 0. The van der Waals surface area contributed by atoms with E-state index < -0.39 is 0 Å². The van der Waals surface area contributed by atoms with Crippen LogP contribution in [0.5, 0.6) is 0 Å². The third-order valence-electron chi connectivity index (χ3n) is 4.92. The van der Waals surface area contributed by atoms with E-state index in [4.69, 9.17) is 4.74 Å². The Morgan fingerprint density at radius 1 is 1.36 bits per heavy atom. The standard InChI is InChI=1S/C18H24N2O2/c1-13-5-6-14-10-16(20(2)15(14)9-13)17(21)19-11-18(12-22-3)7-4-8-18/h5-6,9-10H,4,7-8,11-12H2,1-3H3,(H,19,21). The zero-order valence-electron chi connectivity index (χ0n) is 13.6. The zero-order valence-corrected chi connectivity index (χ0v) is 13.6. The third-order valence-corrected chi connectivity index (χ3v) is 4.92. The summed E-state index contributed by atoms with van der Waals surface area (Å²) in [5.74, 6) is -0.00117. The van der Waals surface area contributed by atoms with Gasteiger partial charge < -0.3 is 14.6 Å². The van der Waals surface area contributed by atoms with E-state index in [2.05, 4.69) is 30.4 Å². The predicted molar refractivity (Wildman–Crippen MR) is 88.1 cm³/mol. The number of aromatic nitrogens is 1. The van der Waals surface area contributed by atoms with Gasteiger partial charge in [-0.2, -0.15) is 0 Å². The normalized spacial score (nSPS) is 16.5. The Morgan fingerprint density at radius 2 is 2.14 bits per heavy atom. The Balaban J connectivity index is 1.76. The Kier molecular flexibility index (Phi) is 3.96. The van der Waals surface area contributed by atoms with Crippen LogP contribution in [0.15, 0.2) is 24.3 Å². The number of hydrogen-bond acceptors (Lipinski definition) is 2. The molecule has 0 radical (unpaired) electrons. The number of carbonyl (C=O) groups excluding carboxylic acids is 1. The number of methoxy groups -OCH3 is 1. The molecule has 1 saturated carbocycles. The molecule has 2 aromatic rings. The van der Waals surface area contributed by atoms with Crippen molar-refractivity contribution in [2.24, 2.45) is 12.5 Å². The van der Waals surface area contributed by atoms with Gasteiger partial charge in [0.25, 0.3) is 5.91 Å². The molecule has 1 aromatic heterocycles. The second-order valence-corrected chi connectivity index (χ2v) is 6.62. The molecule has 0 aliphatic heterocycles. The molecule has 3 rings (SSSR count). The minimum atomic E-state index is -0.00117. The Hall–Kier alpha value is -1.81. The maximum absolute atomic E-state index is 12.5. The lowest BCUT2D eigenvalue weighted by Crippen LogP contribution is -2.45. The van der Waals surface area contributed by atoms with Crippen LogP contribution in [0.2, 0.25) is 0 Å². The first-order valence-corrected chi connectivity index (χ1v) is 7.88. The monoisotopic (exact) mass is 300 g/mol. The topological polar surface area (TPSA) is 43.3 Å². The van der Waals surface area contributed by atoms with Crippen molar-refractivity contribution in [1.29, 1.82) is 0 Å². The molecule has 118 valence electrons. The van der Waals surface area contributed by atoms with Crippen LogP contribution in [0.3, 0.4) is 0 Å². The quantitative estimate of drug-likeness (QED) is 0.922. The fourth-order valence-electron chi connectivity index (χ4n) is 3.37. The van der Waals surface area contributed by atoms with Gasteiger partial charge in [0.1, 0.15) is 5.69 Å². The number of aryl methyl sites for hydroxylation is 2. The number of carbonyl (C=O) groups is 1. The van der Waals surface area contributed by atoms with Crippen molar-refractivity contribution in [3.05, 3.63) is 35.5 Å². The van der Waals surface area contributed by atoms with E-state index in [1.54, 1.807) is 7.11 Å². The maximum atomic E-state index is 12.5. The first-order chi connectivity index (χ1) is 10.5. The van der Waals surface area contributed by atoms with E-state index >= 15 is 0 Å². The van der Waals surface area contributed by atoms with E-state index in [-0.39, 0.29) is 11.3 Å². The molecular formula is C18H24N2O2. The summed E-state index contributed by atoms with van der Waals surface area (Å²) in [5.41, 5.74) is 3.16. The summed E-state index contributed by atoms with van der Waals surface area (Å²) in [6.45, 7) is 3.49. The first kappa shape index (κ1) is 15.1. The molecule has 1 heterocycles. The smallest absolute Gasteiger partial charge is 0.267 e. The molecule has 22 heavy (non-hydrogen) atoms. The van der Waals surface area contributed by atoms with Gasteiger partial charge in [-0.15, -0.1) is 0 Å². The van der Waals surface area contributed by atoms with Crippen molar-refractivity contribution in [3.8, 4) is 0 Å². The van der Waals surface area contributed by atoms with Gasteiger partial charge in [0.2, 0.25) is 0 Å². The lowest BCUT2D eigenvalue weighted by Gasteiger charge is -2.41. The van der Waals surface area contributed by atoms with Crippen molar-refractivity contribution < 1.29 is 9.53 Å². The number of rotatable bonds is 5. The molecule has 1 aliphatic carbocycles. The first-order valence-electron chi connectivity index (χ1n) is 7.88. The summed E-state index contributed by atoms with van der Waals surface area (Å²) < 4.78 is 7.29. The zero-order chi connectivity index (χ0) is 15.7. The molecule has 0 bridgehead atoms. The highest BCUT2D eigenvalue weighted by molar-refractivity contribution is 5.98. The Morgan fingerprint density at radius 3 is 2.77 bits per heavy atom. The molecule has 4 nitrogen and oxygen atoms in total. The van der Waals surface area contributed by atoms with Gasteiger partial charge in [0.15, 0.2) is 0 Å². The molecule has 1 fully saturated rings. The van der Waals surface area contributed by atoms with Crippen LogP contribution < -0.4 is 5.32 Å². The molecule has 0 unspecified atom stereocenters. The van der Waals surface area contributed by atoms with Crippen molar-refractivity contribution in [1.82, 2.24) is 9.88 Å². The maximum Gasteiger partial charge on any atom is 0.267 e. The highest BCUT2D eigenvalue weighted by atomic mass is 16.5. The second-order valence-electron chi connectivity index (χ2n) is 6.62. The van der Waals surface area contributed by atoms with Crippen LogP contribution in [0.1, 0.15) is 35.3 Å². The number of hydrogen-bond donors (Lipinski definition) is 1. The fraction of sp³-hybridized carbons (Fsp3) is 0.500. The largest absolute Gasteiger partial charge is 0.384 e. The minimum Gasteiger partial charge on any atom is -0.384 e. The molecule has 0 spiro atoms. The number of benzene rings is 1. The lowest BCUT2D eigenvalue weighted by atomic mass is 9.69.